The fraction of sp³-hybridized carbons (Fsp3) is 0.500. The lowest BCUT2D eigenvalue weighted by atomic mass is 10.3. The van der Waals surface area contributed by atoms with Gasteiger partial charge >= 0.3 is 0 Å². The number of aliphatic hydroxyl groups is 1. The average Bonchev–Trinajstić information content (AvgIpc) is 2.45. The lowest BCUT2D eigenvalue weighted by molar-refractivity contribution is -0.121. The zero-order valence-corrected chi connectivity index (χ0v) is 12.1. The fourth-order valence-corrected chi connectivity index (χ4v) is 2.22. The summed E-state index contributed by atoms with van der Waals surface area (Å²) in [7, 11) is 0. The van der Waals surface area contributed by atoms with Crippen LogP contribution in [0.3, 0.4) is 0 Å². The van der Waals surface area contributed by atoms with E-state index < -0.39 is 5.82 Å². The zero-order chi connectivity index (χ0) is 14.6. The second kappa shape index (κ2) is 10.5. The van der Waals surface area contributed by atoms with Crippen LogP contribution in [0.25, 0.3) is 0 Å². The van der Waals surface area contributed by atoms with Gasteiger partial charge in [0.2, 0.25) is 5.91 Å². The van der Waals surface area contributed by atoms with Crippen LogP contribution in [-0.4, -0.2) is 42.3 Å². The van der Waals surface area contributed by atoms with Gasteiger partial charge in [0, 0.05) is 18.9 Å². The van der Waals surface area contributed by atoms with E-state index in [2.05, 4.69) is 5.32 Å². The summed E-state index contributed by atoms with van der Waals surface area (Å²) in [6.07, 6.45) is 0.977. The molecule has 0 bridgehead atoms. The van der Waals surface area contributed by atoms with Crippen molar-refractivity contribution in [1.29, 1.82) is 0 Å². The maximum absolute atomic E-state index is 13.2. The molecule has 0 spiro atoms. The molecule has 0 unspecified atom stereocenters. The smallest absolute Gasteiger partial charge is 0.223 e. The third kappa shape index (κ3) is 7.35. The van der Waals surface area contributed by atoms with Crippen molar-refractivity contribution in [1.82, 2.24) is 5.32 Å². The van der Waals surface area contributed by atoms with E-state index in [1.807, 2.05) is 0 Å². The van der Waals surface area contributed by atoms with Gasteiger partial charge in [0.05, 0.1) is 13.0 Å². The average molecular weight is 301 g/mol. The van der Waals surface area contributed by atoms with Crippen molar-refractivity contribution in [3.8, 4) is 5.75 Å². The highest BCUT2D eigenvalue weighted by Gasteiger charge is 2.04. The number of aliphatic hydroxyl groups excluding tert-OH is 1. The third-order valence-electron chi connectivity index (χ3n) is 2.44. The highest BCUT2D eigenvalue weighted by Crippen LogP contribution is 2.15. The monoisotopic (exact) mass is 301 g/mol. The zero-order valence-electron chi connectivity index (χ0n) is 11.3. The minimum absolute atomic E-state index is 0.107. The third-order valence-corrected chi connectivity index (χ3v) is 3.51. The quantitative estimate of drug-likeness (QED) is 0.647. The van der Waals surface area contributed by atoms with Crippen molar-refractivity contribution in [3.63, 3.8) is 0 Å². The van der Waals surface area contributed by atoms with Gasteiger partial charge in [-0.15, -0.1) is 0 Å². The molecule has 20 heavy (non-hydrogen) atoms. The number of carbonyl (C=O) groups excluding carboxylic acids is 1. The number of thioether (sulfide) groups is 1. The molecule has 0 saturated carbocycles. The summed E-state index contributed by atoms with van der Waals surface area (Å²) in [5.41, 5.74) is 0. The summed E-state index contributed by atoms with van der Waals surface area (Å²) < 4.78 is 18.4. The molecule has 0 aliphatic rings. The molecule has 0 saturated heterocycles. The van der Waals surface area contributed by atoms with E-state index in [4.69, 9.17) is 9.84 Å². The van der Waals surface area contributed by atoms with Crippen molar-refractivity contribution in [2.45, 2.75) is 12.8 Å². The van der Waals surface area contributed by atoms with E-state index in [9.17, 15) is 9.18 Å². The number of halogens is 1. The van der Waals surface area contributed by atoms with Crippen LogP contribution in [0, 0.1) is 5.82 Å². The number of hydrogen-bond donors (Lipinski definition) is 2. The Balaban J connectivity index is 2.04. The Hall–Kier alpha value is -1.27. The van der Waals surface area contributed by atoms with Crippen molar-refractivity contribution in [2.75, 3.05) is 31.3 Å². The van der Waals surface area contributed by atoms with Crippen LogP contribution in [0.1, 0.15) is 12.8 Å². The Kier molecular flexibility index (Phi) is 8.82. The van der Waals surface area contributed by atoms with Crippen LogP contribution in [0.5, 0.6) is 5.75 Å². The number of rotatable bonds is 10. The van der Waals surface area contributed by atoms with Crippen LogP contribution in [0.2, 0.25) is 0 Å². The molecule has 1 amide bonds. The van der Waals surface area contributed by atoms with Crippen LogP contribution >= 0.6 is 11.8 Å². The number of para-hydroxylation sites is 1. The Bertz CT molecular complexity index is 404. The van der Waals surface area contributed by atoms with E-state index in [0.717, 1.165) is 17.9 Å². The molecular formula is C14H20FNO3S. The molecule has 1 aromatic carbocycles. The standard InChI is InChI=1S/C14H20FNO3S/c15-12-4-1-2-5-13(12)19-9-6-14(18)16-7-11-20-10-3-8-17/h1-2,4-5,17H,3,6-11H2,(H,16,18). The van der Waals surface area contributed by atoms with E-state index in [1.54, 1.807) is 23.9 Å². The Morgan fingerprint density at radius 1 is 1.35 bits per heavy atom. The first-order chi connectivity index (χ1) is 9.74. The van der Waals surface area contributed by atoms with Gasteiger partial charge in [-0.3, -0.25) is 4.79 Å². The predicted molar refractivity (Wildman–Crippen MR) is 78.5 cm³/mol. The Labute approximate surface area is 122 Å². The maximum atomic E-state index is 13.2. The second-order valence-electron chi connectivity index (χ2n) is 4.07. The highest BCUT2D eigenvalue weighted by molar-refractivity contribution is 7.99. The number of nitrogens with one attached hydrogen (secondary N) is 1. The number of carbonyl (C=O) groups is 1. The molecule has 0 aliphatic heterocycles. The van der Waals surface area contributed by atoms with Gasteiger partial charge < -0.3 is 15.2 Å². The molecule has 0 aromatic heterocycles. The van der Waals surface area contributed by atoms with Crippen LogP contribution in [0.4, 0.5) is 4.39 Å². The Morgan fingerprint density at radius 3 is 2.90 bits per heavy atom. The molecule has 6 heteroatoms. The molecule has 2 N–H and O–H groups in total. The second-order valence-corrected chi connectivity index (χ2v) is 5.29. The summed E-state index contributed by atoms with van der Waals surface area (Å²) in [6.45, 7) is 0.950. The minimum atomic E-state index is -0.423. The van der Waals surface area contributed by atoms with Crippen LogP contribution in [0.15, 0.2) is 24.3 Å². The molecule has 112 valence electrons. The molecule has 1 aromatic rings. The van der Waals surface area contributed by atoms with Crippen molar-refractivity contribution < 1.29 is 19.0 Å². The molecule has 0 heterocycles. The lowest BCUT2D eigenvalue weighted by Gasteiger charge is -2.07. The summed E-state index contributed by atoms with van der Waals surface area (Å²) >= 11 is 1.69. The van der Waals surface area contributed by atoms with Gasteiger partial charge in [0.25, 0.3) is 0 Å². The Morgan fingerprint density at radius 2 is 2.15 bits per heavy atom. The topological polar surface area (TPSA) is 58.6 Å². The van der Waals surface area contributed by atoms with Crippen LogP contribution in [-0.2, 0) is 4.79 Å². The normalized spacial score (nSPS) is 10.3. The largest absolute Gasteiger partial charge is 0.490 e. The molecule has 0 atom stereocenters. The molecule has 0 aliphatic carbocycles. The van der Waals surface area contributed by atoms with Gasteiger partial charge in [0.1, 0.15) is 0 Å². The first-order valence-corrected chi connectivity index (χ1v) is 7.72. The van der Waals surface area contributed by atoms with Gasteiger partial charge in [-0.1, -0.05) is 12.1 Å². The molecule has 0 radical (unpaired) electrons. The fourth-order valence-electron chi connectivity index (χ4n) is 1.44. The van der Waals surface area contributed by atoms with Crippen LogP contribution < -0.4 is 10.1 Å². The summed E-state index contributed by atoms with van der Waals surface area (Å²) in [5.74, 6) is 1.35. The number of hydrogen-bond acceptors (Lipinski definition) is 4. The van der Waals surface area contributed by atoms with Gasteiger partial charge in [-0.25, -0.2) is 4.39 Å². The first-order valence-electron chi connectivity index (χ1n) is 6.56. The van der Waals surface area contributed by atoms with Gasteiger partial charge in [-0.05, 0) is 24.3 Å². The number of benzene rings is 1. The molecule has 4 nitrogen and oxygen atoms in total. The summed E-state index contributed by atoms with van der Waals surface area (Å²) in [4.78, 5) is 11.5. The SMILES string of the molecule is O=C(CCOc1ccccc1F)NCCSCCCO. The summed E-state index contributed by atoms with van der Waals surface area (Å²) in [6, 6.07) is 6.12. The summed E-state index contributed by atoms with van der Waals surface area (Å²) in [5, 5.41) is 11.4. The predicted octanol–water partition coefficient (Wildman–Crippen LogP) is 1.83. The van der Waals surface area contributed by atoms with Crippen molar-refractivity contribution in [2.24, 2.45) is 0 Å². The van der Waals surface area contributed by atoms with E-state index in [1.165, 1.54) is 12.1 Å². The number of ether oxygens (including phenoxy) is 1. The van der Waals surface area contributed by atoms with Crippen molar-refractivity contribution in [3.05, 3.63) is 30.1 Å². The number of amides is 1. The van der Waals surface area contributed by atoms with Crippen molar-refractivity contribution >= 4 is 17.7 Å². The van der Waals surface area contributed by atoms with E-state index >= 15 is 0 Å². The molecular weight excluding hydrogens is 281 g/mol. The van der Waals surface area contributed by atoms with E-state index in [-0.39, 0.29) is 31.3 Å². The first kappa shape index (κ1) is 16.8. The molecule has 0 fully saturated rings. The van der Waals surface area contributed by atoms with E-state index in [0.29, 0.717) is 6.54 Å². The van der Waals surface area contributed by atoms with Gasteiger partial charge in [-0.2, -0.15) is 11.8 Å². The minimum Gasteiger partial charge on any atom is -0.490 e. The van der Waals surface area contributed by atoms with Gasteiger partial charge in [0.15, 0.2) is 11.6 Å². The molecule has 1 rings (SSSR count). The maximum Gasteiger partial charge on any atom is 0.223 e. The lowest BCUT2D eigenvalue weighted by Crippen LogP contribution is -2.27. The highest BCUT2D eigenvalue weighted by atomic mass is 32.2.